The maximum Gasteiger partial charge on any atom is 0.312 e. The van der Waals surface area contributed by atoms with E-state index in [2.05, 4.69) is 104 Å². The summed E-state index contributed by atoms with van der Waals surface area (Å²) in [5, 5.41) is 10.1. The van der Waals surface area contributed by atoms with Crippen LogP contribution in [0.2, 0.25) is 0 Å². The first kappa shape index (κ1) is 47.3. The third-order valence-corrected chi connectivity index (χ3v) is 13.1. The minimum atomic E-state index is -0.968. The van der Waals surface area contributed by atoms with Crippen LogP contribution in [-0.2, 0) is 24.5 Å². The molecule has 2 aromatic carbocycles. The molecule has 0 saturated heterocycles. The van der Waals surface area contributed by atoms with Gasteiger partial charge in [-0.15, -0.1) is 0 Å². The molecule has 0 bridgehead atoms. The fourth-order valence-corrected chi connectivity index (χ4v) is 8.35. The molecule has 0 N–H and O–H groups in total. The van der Waals surface area contributed by atoms with Gasteiger partial charge >= 0.3 is 11.9 Å². The molecule has 0 fully saturated rings. The summed E-state index contributed by atoms with van der Waals surface area (Å²) in [5.41, 5.74) is 2.66. The van der Waals surface area contributed by atoms with Gasteiger partial charge in [0.25, 0.3) is 0 Å². The van der Waals surface area contributed by atoms with Gasteiger partial charge in [-0.2, -0.15) is 5.26 Å². The summed E-state index contributed by atoms with van der Waals surface area (Å²) >= 11 is 0. The zero-order valence-corrected chi connectivity index (χ0v) is 38.4. The molecule has 4 unspecified atom stereocenters. The standard InChI is InChI=1S/C49H73N3O5/c1-18-47(13,14)39-22-20-19-21-38(39)41-51-23-24-52(41)40-33(2)27-37(28-34(40)3)56-25-26-57-42(53)48(15,32-46(11,12)30-36(31-50)44(5,6)7)35(4)29-49(16,43(54)55-17)45(8,9)10/h19-24,27-28,35-36H,18,25-26,29-30,32H2,1-17H3. The van der Waals surface area contributed by atoms with Crippen LogP contribution in [0.1, 0.15) is 139 Å². The van der Waals surface area contributed by atoms with Crippen LogP contribution in [0.5, 0.6) is 5.75 Å². The van der Waals surface area contributed by atoms with Crippen molar-refractivity contribution in [3.63, 3.8) is 0 Å². The number of hydrogen-bond donors (Lipinski definition) is 0. The summed E-state index contributed by atoms with van der Waals surface area (Å²) in [4.78, 5) is 32.5. The van der Waals surface area contributed by atoms with Crippen molar-refractivity contribution in [2.45, 2.75) is 142 Å². The number of rotatable bonds is 17. The van der Waals surface area contributed by atoms with Gasteiger partial charge in [-0.05, 0) is 110 Å². The van der Waals surface area contributed by atoms with Gasteiger partial charge in [0, 0.05) is 18.0 Å². The second kappa shape index (κ2) is 17.8. The van der Waals surface area contributed by atoms with E-state index in [1.165, 1.54) is 12.7 Å². The van der Waals surface area contributed by atoms with Crippen LogP contribution in [0.15, 0.2) is 48.8 Å². The van der Waals surface area contributed by atoms with Crippen LogP contribution in [0.4, 0.5) is 0 Å². The number of esters is 2. The fourth-order valence-electron chi connectivity index (χ4n) is 8.35. The highest BCUT2D eigenvalue weighted by Crippen LogP contribution is 2.52. The Morgan fingerprint density at radius 3 is 2.00 bits per heavy atom. The first-order valence-electron chi connectivity index (χ1n) is 20.7. The molecule has 1 heterocycles. The lowest BCUT2D eigenvalue weighted by atomic mass is 9.57. The number of ether oxygens (including phenoxy) is 3. The molecular formula is C49H73N3O5. The lowest BCUT2D eigenvalue weighted by Crippen LogP contribution is -2.48. The summed E-state index contributed by atoms with van der Waals surface area (Å²) in [7, 11) is 1.42. The minimum absolute atomic E-state index is 0.00686. The molecule has 57 heavy (non-hydrogen) atoms. The number of hydrogen-bond acceptors (Lipinski definition) is 7. The number of carbonyl (C=O) groups excluding carboxylic acids is 2. The van der Waals surface area contributed by atoms with Crippen molar-refractivity contribution in [1.82, 2.24) is 9.55 Å². The Kier molecular flexibility index (Phi) is 14.8. The monoisotopic (exact) mass is 784 g/mol. The van der Waals surface area contributed by atoms with E-state index < -0.39 is 16.2 Å². The topological polar surface area (TPSA) is 103 Å². The average Bonchev–Trinajstić information content (AvgIpc) is 3.59. The molecule has 0 spiro atoms. The summed E-state index contributed by atoms with van der Waals surface area (Å²) in [6, 6.07) is 15.1. The maximum absolute atomic E-state index is 14.4. The smallest absolute Gasteiger partial charge is 0.312 e. The van der Waals surface area contributed by atoms with E-state index in [9.17, 15) is 14.9 Å². The summed E-state index contributed by atoms with van der Waals surface area (Å²) in [6.45, 7) is 33.7. The van der Waals surface area contributed by atoms with Gasteiger partial charge in [0.05, 0.1) is 35.6 Å². The van der Waals surface area contributed by atoms with E-state index >= 15 is 0 Å². The minimum Gasteiger partial charge on any atom is -0.490 e. The second-order valence-corrected chi connectivity index (χ2v) is 20.5. The molecule has 0 radical (unpaired) electrons. The molecule has 0 aliphatic carbocycles. The van der Waals surface area contributed by atoms with Crippen molar-refractivity contribution in [2.24, 2.45) is 38.9 Å². The van der Waals surface area contributed by atoms with Crippen molar-refractivity contribution in [3.8, 4) is 28.9 Å². The van der Waals surface area contributed by atoms with Crippen LogP contribution in [0.3, 0.4) is 0 Å². The molecule has 3 aromatic rings. The average molecular weight is 784 g/mol. The number of nitrogens with zero attached hydrogens (tertiary/aromatic N) is 3. The molecule has 3 rings (SSSR count). The molecule has 314 valence electrons. The van der Waals surface area contributed by atoms with Crippen molar-refractivity contribution < 1.29 is 23.8 Å². The Bertz CT molecular complexity index is 1880. The van der Waals surface area contributed by atoms with Gasteiger partial charge in [0.2, 0.25) is 0 Å². The molecule has 0 amide bonds. The van der Waals surface area contributed by atoms with Crippen LogP contribution in [-0.4, -0.2) is 41.8 Å². The van der Waals surface area contributed by atoms with E-state index in [0.29, 0.717) is 25.0 Å². The third-order valence-electron chi connectivity index (χ3n) is 13.1. The van der Waals surface area contributed by atoms with Crippen LogP contribution in [0, 0.1) is 64.1 Å². The predicted octanol–water partition coefficient (Wildman–Crippen LogP) is 12.0. The Hall–Kier alpha value is -4.12. The van der Waals surface area contributed by atoms with E-state index in [1.54, 1.807) is 0 Å². The quantitative estimate of drug-likeness (QED) is 0.0991. The number of nitriles is 1. The molecule has 0 saturated carbocycles. The number of carbonyl (C=O) groups is 2. The Morgan fingerprint density at radius 1 is 0.877 bits per heavy atom. The van der Waals surface area contributed by atoms with Crippen molar-refractivity contribution in [1.29, 1.82) is 5.26 Å². The van der Waals surface area contributed by atoms with Crippen LogP contribution < -0.4 is 4.74 Å². The van der Waals surface area contributed by atoms with E-state index in [-0.39, 0.29) is 53.2 Å². The second-order valence-electron chi connectivity index (χ2n) is 20.5. The zero-order chi connectivity index (χ0) is 43.4. The molecule has 1 aromatic heterocycles. The zero-order valence-electron chi connectivity index (χ0n) is 38.4. The third kappa shape index (κ3) is 10.7. The van der Waals surface area contributed by atoms with Crippen LogP contribution in [0.25, 0.3) is 17.1 Å². The number of benzene rings is 2. The largest absolute Gasteiger partial charge is 0.490 e. The Morgan fingerprint density at radius 2 is 1.47 bits per heavy atom. The molecule has 0 aliphatic heterocycles. The molecule has 4 atom stereocenters. The van der Waals surface area contributed by atoms with E-state index in [1.807, 2.05) is 66.1 Å². The molecular weight excluding hydrogens is 711 g/mol. The number of methoxy groups -OCH3 is 1. The Labute approximate surface area is 345 Å². The lowest BCUT2D eigenvalue weighted by Gasteiger charge is -2.46. The molecule has 8 nitrogen and oxygen atoms in total. The number of aromatic nitrogens is 2. The van der Waals surface area contributed by atoms with Gasteiger partial charge in [0.1, 0.15) is 24.8 Å². The number of imidazole rings is 1. The first-order chi connectivity index (χ1) is 26.2. The lowest BCUT2D eigenvalue weighted by molar-refractivity contribution is -0.169. The van der Waals surface area contributed by atoms with Crippen LogP contribution >= 0.6 is 0 Å². The molecule has 0 aliphatic rings. The van der Waals surface area contributed by atoms with Gasteiger partial charge in [-0.1, -0.05) is 107 Å². The number of aryl methyl sites for hydroxylation is 2. The van der Waals surface area contributed by atoms with Gasteiger partial charge in [-0.3, -0.25) is 14.2 Å². The normalized spacial score (nSPS) is 15.8. The first-order valence-corrected chi connectivity index (χ1v) is 20.7. The van der Waals surface area contributed by atoms with E-state index in [0.717, 1.165) is 34.6 Å². The summed E-state index contributed by atoms with van der Waals surface area (Å²) in [5.74, 6) is 0.506. The molecule has 8 heteroatoms. The highest BCUT2D eigenvalue weighted by atomic mass is 16.6. The van der Waals surface area contributed by atoms with E-state index in [4.69, 9.17) is 19.2 Å². The van der Waals surface area contributed by atoms with Crippen molar-refractivity contribution in [2.75, 3.05) is 20.3 Å². The van der Waals surface area contributed by atoms with Crippen molar-refractivity contribution in [3.05, 3.63) is 65.5 Å². The predicted molar refractivity (Wildman–Crippen MR) is 231 cm³/mol. The maximum atomic E-state index is 14.4. The van der Waals surface area contributed by atoms with Gasteiger partial charge < -0.3 is 14.2 Å². The highest BCUT2D eigenvalue weighted by Gasteiger charge is 2.52. The fraction of sp³-hybridized carbons (Fsp3) is 0.633. The summed E-state index contributed by atoms with van der Waals surface area (Å²) < 4.78 is 19.8. The Balaban J connectivity index is 1.87. The van der Waals surface area contributed by atoms with Crippen molar-refractivity contribution >= 4 is 11.9 Å². The van der Waals surface area contributed by atoms with Gasteiger partial charge in [-0.25, -0.2) is 4.98 Å². The summed E-state index contributed by atoms with van der Waals surface area (Å²) in [6.07, 6.45) is 6.40. The SMILES string of the molecule is CCC(C)(C)c1ccccc1-c1nccn1-c1c(C)cc(OCCOC(=O)C(C)(CC(C)(C)CC(C#N)C(C)(C)C)C(C)CC(C)(C(=O)OC)C(C)(C)C)cc1C. The highest BCUT2D eigenvalue weighted by molar-refractivity contribution is 5.79. The van der Waals surface area contributed by atoms with Gasteiger partial charge in [0.15, 0.2) is 0 Å².